The average Bonchev–Trinajstić information content (AvgIpc) is 2.44. The lowest BCUT2D eigenvalue weighted by Crippen LogP contribution is -2.26. The highest BCUT2D eigenvalue weighted by Crippen LogP contribution is 2.27. The van der Waals surface area contributed by atoms with Crippen molar-refractivity contribution in [3.8, 4) is 0 Å². The summed E-state index contributed by atoms with van der Waals surface area (Å²) in [4.78, 5) is 20.3. The summed E-state index contributed by atoms with van der Waals surface area (Å²) in [6.07, 6.45) is 7.24. The van der Waals surface area contributed by atoms with Gasteiger partial charge in [0.1, 0.15) is 0 Å². The number of carbonyl (C=O) groups is 2. The lowest BCUT2D eigenvalue weighted by atomic mass is 9.81. The molecule has 6 heteroatoms. The first-order chi connectivity index (χ1) is 9.49. The number of carbonyl (C=O) groups excluding carboxylic acids is 2. The predicted octanol–water partition coefficient (Wildman–Crippen LogP) is 0.228. The molecule has 2 unspecified atom stereocenters. The third kappa shape index (κ3) is 10.8. The number of nitrogens with two attached hydrogens (primary N) is 4. The molecule has 8 N–H and O–H groups in total. The van der Waals surface area contributed by atoms with Crippen LogP contribution in [0.15, 0.2) is 0 Å². The van der Waals surface area contributed by atoms with Crippen LogP contribution in [0.3, 0.4) is 0 Å². The summed E-state index contributed by atoms with van der Waals surface area (Å²) in [5.74, 6) is 0.874. The molecule has 0 radical (unpaired) electrons. The van der Waals surface area contributed by atoms with Gasteiger partial charge in [0.2, 0.25) is 11.8 Å². The van der Waals surface area contributed by atoms with Crippen molar-refractivity contribution in [3.63, 3.8) is 0 Å². The lowest BCUT2D eigenvalue weighted by molar-refractivity contribution is -0.119. The third-order valence-electron chi connectivity index (χ3n) is 3.65. The second-order valence-corrected chi connectivity index (χ2v) is 5.51. The number of unbranched alkanes of at least 4 members (excludes halogenated alkanes) is 1. The van der Waals surface area contributed by atoms with Crippen LogP contribution in [-0.4, -0.2) is 24.9 Å². The van der Waals surface area contributed by atoms with Crippen LogP contribution in [0.4, 0.5) is 0 Å². The summed E-state index contributed by atoms with van der Waals surface area (Å²) in [5.41, 5.74) is 20.9. The fourth-order valence-corrected chi connectivity index (χ4v) is 2.43. The summed E-state index contributed by atoms with van der Waals surface area (Å²) in [6.45, 7) is 1.72. The van der Waals surface area contributed by atoms with Crippen molar-refractivity contribution in [3.05, 3.63) is 0 Å². The quantitative estimate of drug-likeness (QED) is 0.497. The maximum atomic E-state index is 10.2. The monoisotopic (exact) mass is 286 g/mol. The molecule has 1 rings (SSSR count). The Kier molecular flexibility index (Phi) is 11.0. The van der Waals surface area contributed by atoms with Crippen molar-refractivity contribution in [2.45, 2.75) is 51.4 Å². The third-order valence-corrected chi connectivity index (χ3v) is 3.65. The van der Waals surface area contributed by atoms with Gasteiger partial charge in [-0.25, -0.2) is 0 Å². The molecule has 0 spiro atoms. The van der Waals surface area contributed by atoms with E-state index in [9.17, 15) is 9.59 Å². The van der Waals surface area contributed by atoms with Crippen molar-refractivity contribution >= 4 is 11.8 Å². The molecule has 2 atom stereocenters. The van der Waals surface area contributed by atoms with E-state index < -0.39 is 0 Å². The van der Waals surface area contributed by atoms with Crippen LogP contribution in [-0.2, 0) is 9.59 Å². The molecule has 1 aliphatic rings. The Morgan fingerprint density at radius 2 is 1.25 bits per heavy atom. The molecule has 0 heterocycles. The van der Waals surface area contributed by atoms with E-state index in [0.717, 1.165) is 24.9 Å². The van der Waals surface area contributed by atoms with E-state index in [1.807, 2.05) is 0 Å². The fraction of sp³-hybridized carbons (Fsp3) is 0.857. The van der Waals surface area contributed by atoms with Crippen molar-refractivity contribution in [2.24, 2.45) is 34.8 Å². The van der Waals surface area contributed by atoms with E-state index in [4.69, 9.17) is 22.9 Å². The van der Waals surface area contributed by atoms with E-state index in [2.05, 4.69) is 0 Å². The van der Waals surface area contributed by atoms with Crippen molar-refractivity contribution < 1.29 is 9.59 Å². The zero-order valence-corrected chi connectivity index (χ0v) is 12.4. The first-order valence-corrected chi connectivity index (χ1v) is 7.46. The fourth-order valence-electron chi connectivity index (χ4n) is 2.43. The normalized spacial score (nSPS) is 21.7. The van der Waals surface area contributed by atoms with E-state index in [-0.39, 0.29) is 11.8 Å². The van der Waals surface area contributed by atoms with E-state index in [1.165, 1.54) is 25.7 Å². The Hall–Kier alpha value is -1.14. The zero-order valence-electron chi connectivity index (χ0n) is 12.4. The van der Waals surface area contributed by atoms with E-state index in [1.54, 1.807) is 0 Å². The first-order valence-electron chi connectivity index (χ1n) is 7.46. The summed E-state index contributed by atoms with van der Waals surface area (Å²) in [7, 11) is 0. The number of hydrogen-bond acceptors (Lipinski definition) is 4. The van der Waals surface area contributed by atoms with Gasteiger partial charge in [0, 0.05) is 12.8 Å². The van der Waals surface area contributed by atoms with Crippen LogP contribution in [0.1, 0.15) is 51.4 Å². The minimum Gasteiger partial charge on any atom is -0.370 e. The molecule has 0 bridgehead atoms. The Bertz CT molecular complexity index is 258. The van der Waals surface area contributed by atoms with Gasteiger partial charge in [0.25, 0.3) is 0 Å². The van der Waals surface area contributed by atoms with Crippen LogP contribution >= 0.6 is 0 Å². The molecule has 0 aromatic heterocycles. The number of hydrogen-bond donors (Lipinski definition) is 4. The first kappa shape index (κ1) is 18.9. The molecule has 20 heavy (non-hydrogen) atoms. The molecular weight excluding hydrogens is 256 g/mol. The van der Waals surface area contributed by atoms with E-state index >= 15 is 0 Å². The summed E-state index contributed by atoms with van der Waals surface area (Å²) in [6, 6.07) is 0. The lowest BCUT2D eigenvalue weighted by Gasteiger charge is -2.26. The van der Waals surface area contributed by atoms with Crippen LogP contribution in [0.2, 0.25) is 0 Å². The minimum absolute atomic E-state index is 0.329. The topological polar surface area (TPSA) is 138 Å². The Morgan fingerprint density at radius 1 is 0.850 bits per heavy atom. The largest absolute Gasteiger partial charge is 0.370 e. The highest BCUT2D eigenvalue weighted by atomic mass is 16.1. The second-order valence-electron chi connectivity index (χ2n) is 5.51. The summed E-state index contributed by atoms with van der Waals surface area (Å²) in [5, 5.41) is 0. The van der Waals surface area contributed by atoms with Crippen LogP contribution < -0.4 is 22.9 Å². The van der Waals surface area contributed by atoms with Crippen molar-refractivity contribution in [1.82, 2.24) is 0 Å². The van der Waals surface area contributed by atoms with Gasteiger partial charge in [0.05, 0.1) is 0 Å². The van der Waals surface area contributed by atoms with Gasteiger partial charge in [-0.2, -0.15) is 0 Å². The van der Waals surface area contributed by atoms with Gasteiger partial charge in [-0.15, -0.1) is 0 Å². The minimum atomic E-state index is -0.329. The molecule has 0 aromatic carbocycles. The van der Waals surface area contributed by atoms with Crippen LogP contribution in [0.5, 0.6) is 0 Å². The van der Waals surface area contributed by atoms with Crippen molar-refractivity contribution in [2.75, 3.05) is 13.1 Å². The zero-order chi connectivity index (χ0) is 15.4. The number of rotatable bonds is 7. The molecule has 6 nitrogen and oxygen atoms in total. The van der Waals surface area contributed by atoms with E-state index in [0.29, 0.717) is 25.7 Å². The predicted molar refractivity (Wildman–Crippen MR) is 80.4 cm³/mol. The highest BCUT2D eigenvalue weighted by molar-refractivity contribution is 5.74. The number of primary amides is 2. The Labute approximate surface area is 121 Å². The summed E-state index contributed by atoms with van der Waals surface area (Å²) >= 11 is 0. The standard InChI is InChI=1S/C8H18N2.C6H12N2O2/c9-5-7-2-1-3-8(4-7)6-10;7-5(9)3-1-2-4-6(8)10/h7-8H,1-6,9-10H2;1-4H2,(H2,7,9)(H2,8,10). The smallest absolute Gasteiger partial charge is 0.217 e. The van der Waals surface area contributed by atoms with Gasteiger partial charge in [-0.3, -0.25) is 9.59 Å². The molecule has 1 saturated carbocycles. The van der Waals surface area contributed by atoms with Gasteiger partial charge in [-0.05, 0) is 57.0 Å². The molecule has 2 amide bonds. The molecule has 0 saturated heterocycles. The van der Waals surface area contributed by atoms with Crippen LogP contribution in [0.25, 0.3) is 0 Å². The Balaban J connectivity index is 0.000000361. The molecule has 1 fully saturated rings. The number of amides is 2. The summed E-state index contributed by atoms with van der Waals surface area (Å²) < 4.78 is 0. The molecule has 0 aliphatic heterocycles. The molecule has 0 aromatic rings. The molecule has 118 valence electrons. The highest BCUT2D eigenvalue weighted by Gasteiger charge is 2.19. The van der Waals surface area contributed by atoms with Gasteiger partial charge in [-0.1, -0.05) is 6.42 Å². The maximum Gasteiger partial charge on any atom is 0.217 e. The van der Waals surface area contributed by atoms with Crippen molar-refractivity contribution in [1.29, 1.82) is 0 Å². The maximum absolute atomic E-state index is 10.2. The van der Waals surface area contributed by atoms with Gasteiger partial charge in [0.15, 0.2) is 0 Å². The van der Waals surface area contributed by atoms with Gasteiger partial charge >= 0.3 is 0 Å². The molecular formula is C14H30N4O2. The second kappa shape index (κ2) is 11.7. The Morgan fingerprint density at radius 3 is 1.55 bits per heavy atom. The SMILES string of the molecule is NC(=O)CCCCC(N)=O.NCC1CCCC(CN)C1. The average molecular weight is 286 g/mol. The molecule has 1 aliphatic carbocycles. The van der Waals surface area contributed by atoms with Gasteiger partial charge < -0.3 is 22.9 Å². The van der Waals surface area contributed by atoms with Crippen LogP contribution in [0, 0.1) is 11.8 Å².